The lowest BCUT2D eigenvalue weighted by Crippen LogP contribution is -2.46. The van der Waals surface area contributed by atoms with E-state index in [1.165, 1.54) is 17.0 Å². The highest BCUT2D eigenvalue weighted by molar-refractivity contribution is 5.97. The van der Waals surface area contributed by atoms with Crippen molar-refractivity contribution in [3.8, 4) is 0 Å². The van der Waals surface area contributed by atoms with Gasteiger partial charge >= 0.3 is 0 Å². The van der Waals surface area contributed by atoms with Crippen molar-refractivity contribution < 1.29 is 9.18 Å². The van der Waals surface area contributed by atoms with E-state index in [1.807, 2.05) is 20.8 Å². The normalized spacial score (nSPS) is 12.6. The summed E-state index contributed by atoms with van der Waals surface area (Å²) < 4.78 is 13.1. The molecule has 0 saturated carbocycles. The summed E-state index contributed by atoms with van der Waals surface area (Å²) in [6, 6.07) is 5.43. The Morgan fingerprint density at radius 1 is 1.47 bits per heavy atom. The van der Waals surface area contributed by atoms with Crippen LogP contribution in [0, 0.1) is 11.7 Å². The van der Waals surface area contributed by atoms with Crippen molar-refractivity contribution in [3.05, 3.63) is 30.1 Å². The number of nitrogens with two attached hydrogens (primary N) is 1. The molecule has 0 unspecified atom stereocenters. The summed E-state index contributed by atoms with van der Waals surface area (Å²) in [6.07, 6.45) is 0. The number of amides is 1. The Labute approximate surface area is 101 Å². The first-order chi connectivity index (χ1) is 7.97. The minimum absolute atomic E-state index is 0.0603. The summed E-state index contributed by atoms with van der Waals surface area (Å²) >= 11 is 0. The molecule has 0 bridgehead atoms. The number of carbonyl (C=O) groups is 1. The molecule has 1 rings (SSSR count). The summed E-state index contributed by atoms with van der Waals surface area (Å²) in [5, 5.41) is 0. The molecule has 0 fully saturated rings. The number of anilines is 1. The molecule has 0 radical (unpaired) electrons. The standard InChI is InChI=1S/C13H19FN2O/c1-4-16(13(17)12(15)9(2)3)11-7-5-6-10(14)8-11/h5-9,12H,4,15H2,1-3H3/t12-/m0/s1. The van der Waals surface area contributed by atoms with Gasteiger partial charge in [0.1, 0.15) is 5.82 Å². The van der Waals surface area contributed by atoms with E-state index in [2.05, 4.69) is 0 Å². The zero-order chi connectivity index (χ0) is 13.0. The van der Waals surface area contributed by atoms with Gasteiger partial charge < -0.3 is 10.6 Å². The van der Waals surface area contributed by atoms with Crippen LogP contribution in [0.5, 0.6) is 0 Å². The van der Waals surface area contributed by atoms with Gasteiger partial charge in [0.25, 0.3) is 0 Å². The molecule has 0 aliphatic heterocycles. The number of likely N-dealkylation sites (N-methyl/N-ethyl adjacent to an activating group) is 1. The Kier molecular flexibility index (Phi) is 4.63. The molecule has 0 aliphatic rings. The molecule has 1 aromatic rings. The number of hydrogen-bond donors (Lipinski definition) is 1. The largest absolute Gasteiger partial charge is 0.320 e. The van der Waals surface area contributed by atoms with Crippen LogP contribution in [0.4, 0.5) is 10.1 Å². The van der Waals surface area contributed by atoms with Crippen molar-refractivity contribution in [2.24, 2.45) is 11.7 Å². The smallest absolute Gasteiger partial charge is 0.244 e. The number of nitrogens with zero attached hydrogens (tertiary/aromatic N) is 1. The molecule has 1 aromatic carbocycles. The van der Waals surface area contributed by atoms with Crippen LogP contribution in [0.15, 0.2) is 24.3 Å². The summed E-state index contributed by atoms with van der Waals surface area (Å²) in [5.41, 5.74) is 6.38. The van der Waals surface area contributed by atoms with E-state index in [1.54, 1.807) is 12.1 Å². The molecule has 0 heterocycles. The summed E-state index contributed by atoms with van der Waals surface area (Å²) in [5.74, 6) is -0.468. The Hall–Kier alpha value is -1.42. The zero-order valence-electron chi connectivity index (χ0n) is 10.5. The predicted molar refractivity (Wildman–Crippen MR) is 67.2 cm³/mol. The molecular weight excluding hydrogens is 219 g/mol. The minimum Gasteiger partial charge on any atom is -0.320 e. The maximum absolute atomic E-state index is 13.1. The highest BCUT2D eigenvalue weighted by atomic mass is 19.1. The first kappa shape index (κ1) is 13.6. The van der Waals surface area contributed by atoms with E-state index in [4.69, 9.17) is 5.73 Å². The summed E-state index contributed by atoms with van der Waals surface area (Å²) in [6.45, 7) is 6.10. The first-order valence-corrected chi connectivity index (χ1v) is 5.80. The van der Waals surface area contributed by atoms with E-state index < -0.39 is 6.04 Å². The van der Waals surface area contributed by atoms with E-state index in [-0.39, 0.29) is 17.6 Å². The van der Waals surface area contributed by atoms with Crippen molar-refractivity contribution >= 4 is 11.6 Å². The fraction of sp³-hybridized carbons (Fsp3) is 0.462. The Bertz CT molecular complexity index is 393. The number of carbonyl (C=O) groups excluding carboxylic acids is 1. The Morgan fingerprint density at radius 2 is 2.12 bits per heavy atom. The van der Waals surface area contributed by atoms with Gasteiger partial charge in [0, 0.05) is 12.2 Å². The van der Waals surface area contributed by atoms with Crippen molar-refractivity contribution in [1.82, 2.24) is 0 Å². The van der Waals surface area contributed by atoms with Crippen molar-refractivity contribution in [1.29, 1.82) is 0 Å². The fourth-order valence-electron chi connectivity index (χ4n) is 1.57. The van der Waals surface area contributed by atoms with E-state index >= 15 is 0 Å². The molecule has 94 valence electrons. The fourth-order valence-corrected chi connectivity index (χ4v) is 1.57. The third kappa shape index (κ3) is 3.27. The third-order valence-corrected chi connectivity index (χ3v) is 2.71. The average Bonchev–Trinajstić information content (AvgIpc) is 2.28. The molecule has 0 saturated heterocycles. The van der Waals surface area contributed by atoms with Gasteiger partial charge in [-0.3, -0.25) is 4.79 Å². The molecule has 2 N–H and O–H groups in total. The highest BCUT2D eigenvalue weighted by Crippen LogP contribution is 2.17. The molecule has 0 spiro atoms. The maximum Gasteiger partial charge on any atom is 0.244 e. The third-order valence-electron chi connectivity index (χ3n) is 2.71. The molecule has 1 atom stereocenters. The van der Waals surface area contributed by atoms with Gasteiger partial charge in [0.05, 0.1) is 6.04 Å². The lowest BCUT2D eigenvalue weighted by Gasteiger charge is -2.26. The molecule has 3 nitrogen and oxygen atoms in total. The lowest BCUT2D eigenvalue weighted by atomic mass is 10.0. The van der Waals surface area contributed by atoms with Crippen LogP contribution < -0.4 is 10.6 Å². The van der Waals surface area contributed by atoms with Crippen LogP contribution in [0.1, 0.15) is 20.8 Å². The molecule has 0 aliphatic carbocycles. The van der Waals surface area contributed by atoms with Crippen LogP contribution in [0.2, 0.25) is 0 Å². The van der Waals surface area contributed by atoms with Gasteiger partial charge in [-0.05, 0) is 31.0 Å². The molecular formula is C13H19FN2O. The Balaban J connectivity index is 2.96. The first-order valence-electron chi connectivity index (χ1n) is 5.80. The minimum atomic E-state index is -0.557. The van der Waals surface area contributed by atoms with Gasteiger partial charge in [-0.1, -0.05) is 19.9 Å². The second-order valence-corrected chi connectivity index (χ2v) is 4.33. The number of rotatable bonds is 4. The van der Waals surface area contributed by atoms with Crippen LogP contribution in [0.3, 0.4) is 0 Å². The Morgan fingerprint density at radius 3 is 2.59 bits per heavy atom. The summed E-state index contributed by atoms with van der Waals surface area (Å²) in [4.78, 5) is 13.6. The molecule has 1 amide bonds. The van der Waals surface area contributed by atoms with Crippen LogP contribution >= 0.6 is 0 Å². The average molecular weight is 238 g/mol. The van der Waals surface area contributed by atoms with Gasteiger partial charge in [0.15, 0.2) is 0 Å². The van der Waals surface area contributed by atoms with Crippen molar-refractivity contribution in [3.63, 3.8) is 0 Å². The van der Waals surface area contributed by atoms with Crippen molar-refractivity contribution in [2.45, 2.75) is 26.8 Å². The monoisotopic (exact) mass is 238 g/mol. The summed E-state index contributed by atoms with van der Waals surface area (Å²) in [7, 11) is 0. The second-order valence-electron chi connectivity index (χ2n) is 4.33. The molecule has 17 heavy (non-hydrogen) atoms. The predicted octanol–water partition coefficient (Wildman–Crippen LogP) is 2.16. The number of halogens is 1. The van der Waals surface area contributed by atoms with Crippen molar-refractivity contribution in [2.75, 3.05) is 11.4 Å². The SMILES string of the molecule is CCN(C(=O)[C@@H](N)C(C)C)c1cccc(F)c1. The lowest BCUT2D eigenvalue weighted by molar-refractivity contribution is -0.120. The van der Waals surface area contributed by atoms with Gasteiger partial charge in [-0.15, -0.1) is 0 Å². The molecule has 0 aromatic heterocycles. The van der Waals surface area contributed by atoms with E-state index in [0.717, 1.165) is 0 Å². The van der Waals surface area contributed by atoms with Gasteiger partial charge in [-0.25, -0.2) is 4.39 Å². The van der Waals surface area contributed by atoms with Crippen LogP contribution in [-0.4, -0.2) is 18.5 Å². The maximum atomic E-state index is 13.1. The topological polar surface area (TPSA) is 46.3 Å². The quantitative estimate of drug-likeness (QED) is 0.873. The number of benzene rings is 1. The number of hydrogen-bond acceptors (Lipinski definition) is 2. The van der Waals surface area contributed by atoms with Gasteiger partial charge in [-0.2, -0.15) is 0 Å². The van der Waals surface area contributed by atoms with Gasteiger partial charge in [0.2, 0.25) is 5.91 Å². The van der Waals surface area contributed by atoms with E-state index in [9.17, 15) is 9.18 Å². The van der Waals surface area contributed by atoms with Crippen LogP contribution in [0.25, 0.3) is 0 Å². The molecule has 4 heteroatoms. The highest BCUT2D eigenvalue weighted by Gasteiger charge is 2.23. The second kappa shape index (κ2) is 5.77. The van der Waals surface area contributed by atoms with Crippen LogP contribution in [-0.2, 0) is 4.79 Å². The zero-order valence-corrected chi connectivity index (χ0v) is 10.5. The van der Waals surface area contributed by atoms with E-state index in [0.29, 0.717) is 12.2 Å².